The summed E-state index contributed by atoms with van der Waals surface area (Å²) >= 11 is 1.73. The molecule has 1 aromatic rings. The van der Waals surface area contributed by atoms with E-state index in [4.69, 9.17) is 4.74 Å². The Kier molecular flexibility index (Phi) is 5.84. The number of thioether (sulfide) groups is 1. The standard InChI is InChI=1S/C14H18O2S/c1-4-16-14(15)6-5-9-17-13-10-11(2)7-8-12(13)3/h5-8,10H,4,9H2,1-3H3/b6-5+. The lowest BCUT2D eigenvalue weighted by molar-refractivity contribution is -0.137. The van der Waals surface area contributed by atoms with Crippen LogP contribution in [0.1, 0.15) is 18.1 Å². The highest BCUT2D eigenvalue weighted by Crippen LogP contribution is 2.23. The van der Waals surface area contributed by atoms with Crippen molar-refractivity contribution < 1.29 is 9.53 Å². The molecule has 0 radical (unpaired) electrons. The number of aryl methyl sites for hydroxylation is 2. The minimum Gasteiger partial charge on any atom is -0.463 e. The molecule has 0 aromatic heterocycles. The van der Waals surface area contributed by atoms with Gasteiger partial charge in [0.25, 0.3) is 0 Å². The van der Waals surface area contributed by atoms with Crippen LogP contribution in [-0.2, 0) is 9.53 Å². The summed E-state index contributed by atoms with van der Waals surface area (Å²) in [7, 11) is 0. The van der Waals surface area contributed by atoms with E-state index in [2.05, 4.69) is 32.0 Å². The van der Waals surface area contributed by atoms with Crippen LogP contribution in [0.5, 0.6) is 0 Å². The second kappa shape index (κ2) is 7.17. The summed E-state index contributed by atoms with van der Waals surface area (Å²) in [4.78, 5) is 12.3. The van der Waals surface area contributed by atoms with Crippen molar-refractivity contribution in [2.75, 3.05) is 12.4 Å². The molecule has 0 atom stereocenters. The quantitative estimate of drug-likeness (QED) is 0.454. The van der Waals surface area contributed by atoms with E-state index in [1.165, 1.54) is 22.1 Å². The van der Waals surface area contributed by atoms with Crippen LogP contribution >= 0.6 is 11.8 Å². The van der Waals surface area contributed by atoms with Crippen LogP contribution in [0.3, 0.4) is 0 Å². The van der Waals surface area contributed by atoms with Gasteiger partial charge in [-0.3, -0.25) is 0 Å². The number of ether oxygens (including phenoxy) is 1. The molecule has 0 aliphatic heterocycles. The predicted octanol–water partition coefficient (Wildman–Crippen LogP) is 3.51. The first-order valence-corrected chi connectivity index (χ1v) is 6.65. The van der Waals surface area contributed by atoms with Crippen molar-refractivity contribution in [3.63, 3.8) is 0 Å². The van der Waals surface area contributed by atoms with Crippen molar-refractivity contribution in [3.05, 3.63) is 41.5 Å². The van der Waals surface area contributed by atoms with Crippen molar-refractivity contribution in [1.82, 2.24) is 0 Å². The molecule has 0 fully saturated rings. The summed E-state index contributed by atoms with van der Waals surface area (Å²) in [5.41, 5.74) is 2.53. The van der Waals surface area contributed by atoms with Crippen LogP contribution in [-0.4, -0.2) is 18.3 Å². The van der Waals surface area contributed by atoms with Gasteiger partial charge in [-0.2, -0.15) is 0 Å². The molecule has 1 rings (SSSR count). The van der Waals surface area contributed by atoms with E-state index in [1.807, 2.05) is 6.08 Å². The van der Waals surface area contributed by atoms with Crippen molar-refractivity contribution in [2.45, 2.75) is 25.7 Å². The Labute approximate surface area is 107 Å². The maximum absolute atomic E-state index is 11.1. The van der Waals surface area contributed by atoms with E-state index in [0.29, 0.717) is 6.61 Å². The molecule has 0 saturated heterocycles. The summed E-state index contributed by atoms with van der Waals surface area (Å²) in [6, 6.07) is 6.39. The van der Waals surface area contributed by atoms with E-state index >= 15 is 0 Å². The number of carbonyl (C=O) groups is 1. The van der Waals surface area contributed by atoms with E-state index in [-0.39, 0.29) is 5.97 Å². The highest BCUT2D eigenvalue weighted by atomic mass is 32.2. The highest BCUT2D eigenvalue weighted by Gasteiger charge is 1.98. The van der Waals surface area contributed by atoms with Gasteiger partial charge in [-0.15, -0.1) is 11.8 Å². The lowest BCUT2D eigenvalue weighted by atomic mass is 10.2. The Balaban J connectivity index is 2.45. The zero-order valence-electron chi connectivity index (χ0n) is 10.5. The van der Waals surface area contributed by atoms with Gasteiger partial charge in [-0.1, -0.05) is 23.8 Å². The largest absolute Gasteiger partial charge is 0.463 e. The zero-order valence-corrected chi connectivity index (χ0v) is 11.3. The Morgan fingerprint density at radius 3 is 2.88 bits per heavy atom. The van der Waals surface area contributed by atoms with Gasteiger partial charge in [-0.05, 0) is 32.4 Å². The summed E-state index contributed by atoms with van der Waals surface area (Å²) in [5.74, 6) is 0.511. The SMILES string of the molecule is CCOC(=O)/C=C/CSc1cc(C)ccc1C. The lowest BCUT2D eigenvalue weighted by Crippen LogP contribution is -1.98. The molecule has 0 spiro atoms. The Morgan fingerprint density at radius 1 is 1.41 bits per heavy atom. The van der Waals surface area contributed by atoms with E-state index < -0.39 is 0 Å². The molecule has 0 bridgehead atoms. The average Bonchev–Trinajstić information content (AvgIpc) is 2.29. The molecule has 1 aromatic carbocycles. The van der Waals surface area contributed by atoms with Gasteiger partial charge in [-0.25, -0.2) is 4.79 Å². The van der Waals surface area contributed by atoms with Crippen molar-refractivity contribution in [3.8, 4) is 0 Å². The number of rotatable bonds is 5. The van der Waals surface area contributed by atoms with Crippen LogP contribution in [0.2, 0.25) is 0 Å². The highest BCUT2D eigenvalue weighted by molar-refractivity contribution is 7.99. The summed E-state index contributed by atoms with van der Waals surface area (Å²) in [6.07, 6.45) is 3.33. The first-order chi connectivity index (χ1) is 8.13. The Morgan fingerprint density at radius 2 is 2.18 bits per heavy atom. The number of carbonyl (C=O) groups excluding carboxylic acids is 1. The van der Waals surface area contributed by atoms with Gasteiger partial charge in [0, 0.05) is 16.7 Å². The fourth-order valence-corrected chi connectivity index (χ4v) is 2.27. The topological polar surface area (TPSA) is 26.3 Å². The zero-order chi connectivity index (χ0) is 12.7. The maximum atomic E-state index is 11.1. The van der Waals surface area contributed by atoms with Crippen molar-refractivity contribution in [1.29, 1.82) is 0 Å². The third-order valence-corrected chi connectivity index (χ3v) is 3.33. The second-order valence-corrected chi connectivity index (χ2v) is 4.80. The normalized spacial score (nSPS) is 10.8. The smallest absolute Gasteiger partial charge is 0.330 e. The fraction of sp³-hybridized carbons (Fsp3) is 0.357. The number of hydrogen-bond acceptors (Lipinski definition) is 3. The molecular weight excluding hydrogens is 232 g/mol. The van der Waals surface area contributed by atoms with Crippen LogP contribution < -0.4 is 0 Å². The predicted molar refractivity (Wildman–Crippen MR) is 72.4 cm³/mol. The molecule has 0 unspecified atom stereocenters. The molecule has 0 aliphatic carbocycles. The molecule has 3 heteroatoms. The van der Waals surface area contributed by atoms with Crippen LogP contribution in [0, 0.1) is 13.8 Å². The van der Waals surface area contributed by atoms with Gasteiger partial charge in [0.2, 0.25) is 0 Å². The van der Waals surface area contributed by atoms with Gasteiger partial charge in [0.05, 0.1) is 6.61 Å². The van der Waals surface area contributed by atoms with Gasteiger partial charge in [0.15, 0.2) is 0 Å². The van der Waals surface area contributed by atoms with Crippen LogP contribution in [0.15, 0.2) is 35.2 Å². The third-order valence-electron chi connectivity index (χ3n) is 2.22. The van der Waals surface area contributed by atoms with E-state index in [9.17, 15) is 4.79 Å². The van der Waals surface area contributed by atoms with Crippen LogP contribution in [0.4, 0.5) is 0 Å². The Hall–Kier alpha value is -1.22. The first kappa shape index (κ1) is 13.8. The molecule has 2 nitrogen and oxygen atoms in total. The maximum Gasteiger partial charge on any atom is 0.330 e. The third kappa shape index (κ3) is 5.09. The molecule has 0 amide bonds. The molecular formula is C14H18O2S. The summed E-state index contributed by atoms with van der Waals surface area (Å²) in [5, 5.41) is 0. The minimum atomic E-state index is -0.269. The average molecular weight is 250 g/mol. The van der Waals surface area contributed by atoms with Crippen molar-refractivity contribution >= 4 is 17.7 Å². The lowest BCUT2D eigenvalue weighted by Gasteiger charge is -2.04. The molecule has 92 valence electrons. The monoisotopic (exact) mass is 250 g/mol. The minimum absolute atomic E-state index is 0.269. The molecule has 0 saturated carbocycles. The second-order valence-electron chi connectivity index (χ2n) is 3.73. The van der Waals surface area contributed by atoms with Gasteiger partial charge >= 0.3 is 5.97 Å². The first-order valence-electron chi connectivity index (χ1n) is 5.67. The Bertz CT molecular complexity index is 411. The van der Waals surface area contributed by atoms with Crippen molar-refractivity contribution in [2.24, 2.45) is 0 Å². The van der Waals surface area contributed by atoms with Gasteiger partial charge in [0.1, 0.15) is 0 Å². The molecule has 17 heavy (non-hydrogen) atoms. The fourth-order valence-electron chi connectivity index (χ4n) is 1.34. The van der Waals surface area contributed by atoms with Crippen LogP contribution in [0.25, 0.3) is 0 Å². The number of hydrogen-bond donors (Lipinski definition) is 0. The van der Waals surface area contributed by atoms with Gasteiger partial charge < -0.3 is 4.74 Å². The number of benzene rings is 1. The molecule has 0 N–H and O–H groups in total. The molecule has 0 heterocycles. The summed E-state index contributed by atoms with van der Waals surface area (Å²) < 4.78 is 4.80. The molecule has 0 aliphatic rings. The van der Waals surface area contributed by atoms with E-state index in [0.717, 1.165) is 5.75 Å². The summed E-state index contributed by atoms with van der Waals surface area (Å²) in [6.45, 7) is 6.40. The number of esters is 1. The van der Waals surface area contributed by atoms with E-state index in [1.54, 1.807) is 18.7 Å².